The number of hydrogen-bond donors (Lipinski definition) is 0. The second-order valence-electron chi connectivity index (χ2n) is 4.55. The highest BCUT2D eigenvalue weighted by Crippen LogP contribution is 2.13. The van der Waals surface area contributed by atoms with Gasteiger partial charge < -0.3 is 0 Å². The van der Waals surface area contributed by atoms with Crippen molar-refractivity contribution in [2.45, 2.75) is 20.3 Å². The molecule has 18 heavy (non-hydrogen) atoms. The lowest BCUT2D eigenvalue weighted by Crippen LogP contribution is -2.04. The van der Waals surface area contributed by atoms with E-state index in [1.165, 1.54) is 11.6 Å². The first-order valence-corrected chi connectivity index (χ1v) is 5.91. The van der Waals surface area contributed by atoms with E-state index in [0.29, 0.717) is 17.5 Å². The van der Waals surface area contributed by atoms with Crippen LogP contribution in [0.4, 0.5) is 4.39 Å². The molecule has 0 saturated heterocycles. The summed E-state index contributed by atoms with van der Waals surface area (Å²) in [4.78, 5) is 12.0. The van der Waals surface area contributed by atoms with Crippen LogP contribution in [0.15, 0.2) is 42.5 Å². The van der Waals surface area contributed by atoms with Crippen LogP contribution >= 0.6 is 0 Å². The first-order chi connectivity index (χ1) is 8.56. The van der Waals surface area contributed by atoms with Gasteiger partial charge in [-0.1, -0.05) is 29.8 Å². The summed E-state index contributed by atoms with van der Waals surface area (Å²) in [6.07, 6.45) is 0.353. The fourth-order valence-corrected chi connectivity index (χ4v) is 1.81. The van der Waals surface area contributed by atoms with Gasteiger partial charge in [0.05, 0.1) is 0 Å². The van der Waals surface area contributed by atoms with E-state index in [1.807, 2.05) is 31.2 Å². The van der Waals surface area contributed by atoms with Crippen LogP contribution in [0.3, 0.4) is 0 Å². The van der Waals surface area contributed by atoms with Gasteiger partial charge >= 0.3 is 0 Å². The Kier molecular flexibility index (Phi) is 3.56. The van der Waals surface area contributed by atoms with Crippen molar-refractivity contribution in [1.82, 2.24) is 0 Å². The third kappa shape index (κ3) is 2.83. The van der Waals surface area contributed by atoms with Crippen molar-refractivity contribution < 1.29 is 9.18 Å². The molecule has 0 aliphatic carbocycles. The lowest BCUT2D eigenvalue weighted by molar-refractivity contribution is 0.0993. The molecular weight excluding hydrogens is 227 g/mol. The Balaban J connectivity index is 2.16. The van der Waals surface area contributed by atoms with Gasteiger partial charge in [0, 0.05) is 12.0 Å². The molecule has 0 saturated carbocycles. The van der Waals surface area contributed by atoms with Gasteiger partial charge in [0.25, 0.3) is 0 Å². The lowest BCUT2D eigenvalue weighted by Gasteiger charge is -2.04. The van der Waals surface area contributed by atoms with E-state index in [1.54, 1.807) is 19.1 Å². The maximum absolute atomic E-state index is 13.1. The van der Waals surface area contributed by atoms with Gasteiger partial charge in [0.2, 0.25) is 0 Å². The van der Waals surface area contributed by atoms with Gasteiger partial charge in [-0.15, -0.1) is 0 Å². The molecule has 2 rings (SSSR count). The van der Waals surface area contributed by atoms with Gasteiger partial charge in [-0.3, -0.25) is 4.79 Å². The van der Waals surface area contributed by atoms with Crippen molar-refractivity contribution in [3.8, 4) is 0 Å². The minimum absolute atomic E-state index is 0.0157. The third-order valence-electron chi connectivity index (χ3n) is 2.97. The van der Waals surface area contributed by atoms with Crippen LogP contribution in [0, 0.1) is 19.7 Å². The number of Topliss-reactive ketones (excluding diaryl/α,β-unsaturated/α-hetero) is 1. The molecular formula is C16H15FO. The summed E-state index contributed by atoms with van der Waals surface area (Å²) in [6, 6.07) is 12.4. The predicted octanol–water partition coefficient (Wildman–Crippen LogP) is 3.87. The van der Waals surface area contributed by atoms with Crippen molar-refractivity contribution in [2.75, 3.05) is 0 Å². The molecule has 1 nitrogen and oxygen atoms in total. The summed E-state index contributed by atoms with van der Waals surface area (Å²) in [5.74, 6) is -0.260. The average molecular weight is 242 g/mol. The molecule has 0 radical (unpaired) electrons. The van der Waals surface area contributed by atoms with Crippen molar-refractivity contribution in [1.29, 1.82) is 0 Å². The SMILES string of the molecule is Cc1ccc(CC(=O)c2ccc(F)c(C)c2)cc1. The molecule has 2 aromatic carbocycles. The first kappa shape index (κ1) is 12.5. The van der Waals surface area contributed by atoms with Crippen molar-refractivity contribution >= 4 is 5.78 Å². The van der Waals surface area contributed by atoms with E-state index in [2.05, 4.69) is 0 Å². The summed E-state index contributed by atoms with van der Waals surface area (Å²) in [5.41, 5.74) is 3.22. The number of aryl methyl sites for hydroxylation is 2. The molecule has 92 valence electrons. The van der Waals surface area contributed by atoms with Crippen molar-refractivity contribution in [3.05, 3.63) is 70.5 Å². The zero-order valence-corrected chi connectivity index (χ0v) is 10.5. The summed E-state index contributed by atoms with van der Waals surface area (Å²) in [7, 11) is 0. The average Bonchev–Trinajstić information content (AvgIpc) is 2.35. The lowest BCUT2D eigenvalue weighted by atomic mass is 10.0. The Morgan fingerprint density at radius 3 is 2.33 bits per heavy atom. The van der Waals surface area contributed by atoms with Gasteiger partial charge in [0.15, 0.2) is 5.78 Å². The zero-order valence-electron chi connectivity index (χ0n) is 10.5. The van der Waals surface area contributed by atoms with Crippen molar-refractivity contribution in [2.24, 2.45) is 0 Å². The maximum atomic E-state index is 13.1. The Morgan fingerprint density at radius 1 is 1.06 bits per heavy atom. The van der Waals surface area contributed by atoms with Crippen LogP contribution in [-0.2, 0) is 6.42 Å². The number of rotatable bonds is 3. The molecule has 0 amide bonds. The summed E-state index contributed by atoms with van der Waals surface area (Å²) >= 11 is 0. The predicted molar refractivity (Wildman–Crippen MR) is 70.4 cm³/mol. The largest absolute Gasteiger partial charge is 0.294 e. The van der Waals surface area contributed by atoms with Crippen LogP contribution < -0.4 is 0 Å². The Hall–Kier alpha value is -1.96. The summed E-state index contributed by atoms with van der Waals surface area (Å²) in [5, 5.41) is 0. The zero-order chi connectivity index (χ0) is 13.1. The molecule has 0 aliphatic heterocycles. The number of hydrogen-bond acceptors (Lipinski definition) is 1. The molecule has 0 aliphatic rings. The van der Waals surface area contributed by atoms with Crippen LogP contribution in [0.2, 0.25) is 0 Å². The fraction of sp³-hybridized carbons (Fsp3) is 0.188. The molecule has 0 heterocycles. The number of benzene rings is 2. The second-order valence-corrected chi connectivity index (χ2v) is 4.55. The van der Waals surface area contributed by atoms with Crippen LogP contribution in [0.5, 0.6) is 0 Å². The molecule has 0 atom stereocenters. The van der Waals surface area contributed by atoms with Crippen molar-refractivity contribution in [3.63, 3.8) is 0 Å². The third-order valence-corrected chi connectivity index (χ3v) is 2.97. The molecule has 2 heteroatoms. The monoisotopic (exact) mass is 242 g/mol. The topological polar surface area (TPSA) is 17.1 Å². The van der Waals surface area contributed by atoms with Crippen LogP contribution in [-0.4, -0.2) is 5.78 Å². The van der Waals surface area contributed by atoms with E-state index >= 15 is 0 Å². The molecule has 0 unspecified atom stereocenters. The highest BCUT2D eigenvalue weighted by atomic mass is 19.1. The van der Waals surface area contributed by atoms with E-state index in [0.717, 1.165) is 5.56 Å². The van der Waals surface area contributed by atoms with Gasteiger partial charge in [0.1, 0.15) is 5.82 Å². The highest BCUT2D eigenvalue weighted by Gasteiger charge is 2.08. The summed E-state index contributed by atoms with van der Waals surface area (Å²) in [6.45, 7) is 3.67. The molecule has 0 aromatic heterocycles. The number of carbonyl (C=O) groups excluding carboxylic acids is 1. The standard InChI is InChI=1S/C16H15FO/c1-11-3-5-13(6-4-11)10-16(18)14-7-8-15(17)12(2)9-14/h3-9H,10H2,1-2H3. The Morgan fingerprint density at radius 2 is 1.72 bits per heavy atom. The Labute approximate surface area is 106 Å². The minimum atomic E-state index is -0.276. The molecule has 0 bridgehead atoms. The number of carbonyl (C=O) groups is 1. The Bertz CT molecular complexity index is 570. The van der Waals surface area contributed by atoms with Gasteiger partial charge in [-0.25, -0.2) is 4.39 Å². The minimum Gasteiger partial charge on any atom is -0.294 e. The first-order valence-electron chi connectivity index (χ1n) is 5.91. The van der Waals surface area contributed by atoms with E-state index in [4.69, 9.17) is 0 Å². The number of halogens is 1. The summed E-state index contributed by atoms with van der Waals surface area (Å²) < 4.78 is 13.1. The molecule has 0 spiro atoms. The molecule has 2 aromatic rings. The normalized spacial score (nSPS) is 10.4. The quantitative estimate of drug-likeness (QED) is 0.747. The fourth-order valence-electron chi connectivity index (χ4n) is 1.81. The number of ketones is 1. The smallest absolute Gasteiger partial charge is 0.167 e. The van der Waals surface area contributed by atoms with Crippen LogP contribution in [0.25, 0.3) is 0 Å². The highest BCUT2D eigenvalue weighted by molar-refractivity contribution is 5.97. The molecule has 0 N–H and O–H groups in total. The molecule has 0 fully saturated rings. The van der Waals surface area contributed by atoms with Gasteiger partial charge in [-0.05, 0) is 43.2 Å². The van der Waals surface area contributed by atoms with E-state index in [9.17, 15) is 9.18 Å². The van der Waals surface area contributed by atoms with E-state index in [-0.39, 0.29) is 11.6 Å². The second kappa shape index (κ2) is 5.13. The van der Waals surface area contributed by atoms with Crippen LogP contribution in [0.1, 0.15) is 27.0 Å². The maximum Gasteiger partial charge on any atom is 0.167 e. The van der Waals surface area contributed by atoms with Gasteiger partial charge in [-0.2, -0.15) is 0 Å². The van der Waals surface area contributed by atoms with E-state index < -0.39 is 0 Å².